The molecule has 0 atom stereocenters. The molecule has 0 aliphatic heterocycles. The molecule has 0 bridgehead atoms. The Kier molecular flexibility index (Phi) is 3.56. The van der Waals surface area contributed by atoms with Crippen LogP contribution >= 0.6 is 15.9 Å². The average Bonchev–Trinajstić information content (AvgIpc) is 2.65. The molecule has 5 heteroatoms. The summed E-state index contributed by atoms with van der Waals surface area (Å²) in [6.07, 6.45) is 2.75. The first-order valence-electron chi connectivity index (χ1n) is 5.09. The highest BCUT2D eigenvalue weighted by Gasteiger charge is 1.98. The number of pyridine rings is 1. The SMILES string of the molecule is Cn1nccc1CCNc1cccc(Br)n1. The largest absolute Gasteiger partial charge is 0.370 e. The summed E-state index contributed by atoms with van der Waals surface area (Å²) in [4.78, 5) is 4.30. The quantitative estimate of drug-likeness (QED) is 0.874. The van der Waals surface area contributed by atoms with E-state index in [4.69, 9.17) is 0 Å². The van der Waals surface area contributed by atoms with Crippen LogP contribution in [0.15, 0.2) is 35.1 Å². The van der Waals surface area contributed by atoms with Crippen molar-refractivity contribution in [1.29, 1.82) is 0 Å². The molecule has 2 aromatic rings. The van der Waals surface area contributed by atoms with Crippen LogP contribution in [0.5, 0.6) is 0 Å². The highest BCUT2D eigenvalue weighted by atomic mass is 79.9. The van der Waals surface area contributed by atoms with Crippen LogP contribution < -0.4 is 5.32 Å². The van der Waals surface area contributed by atoms with Gasteiger partial charge in [0.05, 0.1) is 0 Å². The Hall–Kier alpha value is -1.36. The molecule has 16 heavy (non-hydrogen) atoms. The third-order valence-corrected chi connectivity index (χ3v) is 2.77. The van der Waals surface area contributed by atoms with Gasteiger partial charge in [-0.05, 0) is 34.1 Å². The summed E-state index contributed by atoms with van der Waals surface area (Å²) >= 11 is 3.34. The third kappa shape index (κ3) is 2.82. The summed E-state index contributed by atoms with van der Waals surface area (Å²) in [5, 5.41) is 7.39. The van der Waals surface area contributed by atoms with E-state index in [1.807, 2.05) is 42.2 Å². The Bertz CT molecular complexity index is 467. The van der Waals surface area contributed by atoms with E-state index in [-0.39, 0.29) is 0 Å². The first kappa shape index (κ1) is 11.1. The van der Waals surface area contributed by atoms with Gasteiger partial charge in [-0.15, -0.1) is 0 Å². The zero-order valence-corrected chi connectivity index (χ0v) is 10.6. The van der Waals surface area contributed by atoms with Crippen molar-refractivity contribution < 1.29 is 0 Å². The first-order valence-corrected chi connectivity index (χ1v) is 5.88. The number of nitrogens with zero attached hydrogens (tertiary/aromatic N) is 3. The summed E-state index contributed by atoms with van der Waals surface area (Å²) in [5.41, 5.74) is 1.21. The van der Waals surface area contributed by atoms with Crippen LogP contribution in [0, 0.1) is 0 Å². The fourth-order valence-corrected chi connectivity index (χ4v) is 1.82. The predicted molar refractivity (Wildman–Crippen MR) is 67.3 cm³/mol. The minimum Gasteiger partial charge on any atom is -0.370 e. The number of aryl methyl sites for hydroxylation is 1. The van der Waals surface area contributed by atoms with Gasteiger partial charge in [0, 0.05) is 31.9 Å². The van der Waals surface area contributed by atoms with Gasteiger partial charge in [-0.25, -0.2) is 4.98 Å². The third-order valence-electron chi connectivity index (χ3n) is 2.32. The van der Waals surface area contributed by atoms with E-state index >= 15 is 0 Å². The monoisotopic (exact) mass is 280 g/mol. The lowest BCUT2D eigenvalue weighted by molar-refractivity contribution is 0.711. The van der Waals surface area contributed by atoms with Gasteiger partial charge >= 0.3 is 0 Å². The van der Waals surface area contributed by atoms with Crippen molar-refractivity contribution in [2.75, 3.05) is 11.9 Å². The number of halogens is 1. The molecular formula is C11H13BrN4. The minimum atomic E-state index is 0.845. The Morgan fingerprint density at radius 1 is 1.38 bits per heavy atom. The maximum Gasteiger partial charge on any atom is 0.127 e. The molecule has 0 amide bonds. The van der Waals surface area contributed by atoms with Crippen molar-refractivity contribution in [3.05, 3.63) is 40.8 Å². The van der Waals surface area contributed by atoms with Gasteiger partial charge in [0.15, 0.2) is 0 Å². The van der Waals surface area contributed by atoms with Crippen LogP contribution in [-0.4, -0.2) is 21.3 Å². The number of hydrogen-bond acceptors (Lipinski definition) is 3. The molecule has 0 spiro atoms. The van der Waals surface area contributed by atoms with Gasteiger partial charge in [0.2, 0.25) is 0 Å². The Balaban J connectivity index is 1.87. The molecule has 2 aromatic heterocycles. The predicted octanol–water partition coefficient (Wildman–Crippen LogP) is 2.23. The maximum absolute atomic E-state index is 4.30. The highest BCUT2D eigenvalue weighted by Crippen LogP contribution is 2.10. The van der Waals surface area contributed by atoms with E-state index in [0.29, 0.717) is 0 Å². The van der Waals surface area contributed by atoms with Crippen LogP contribution in [0.1, 0.15) is 5.69 Å². The minimum absolute atomic E-state index is 0.845. The van der Waals surface area contributed by atoms with Crippen LogP contribution in [0.3, 0.4) is 0 Å². The van der Waals surface area contributed by atoms with Crippen LogP contribution in [0.2, 0.25) is 0 Å². The van der Waals surface area contributed by atoms with Gasteiger partial charge in [-0.2, -0.15) is 5.10 Å². The molecule has 1 N–H and O–H groups in total. The second-order valence-corrected chi connectivity index (χ2v) is 4.28. The molecule has 0 aliphatic rings. The Labute approximate surface area is 103 Å². The number of aromatic nitrogens is 3. The molecule has 4 nitrogen and oxygen atoms in total. The van der Waals surface area contributed by atoms with Crippen molar-refractivity contribution in [3.8, 4) is 0 Å². The molecule has 0 radical (unpaired) electrons. The molecule has 2 rings (SSSR count). The van der Waals surface area contributed by atoms with Crippen molar-refractivity contribution in [2.45, 2.75) is 6.42 Å². The van der Waals surface area contributed by atoms with Gasteiger partial charge in [-0.1, -0.05) is 6.07 Å². The lowest BCUT2D eigenvalue weighted by atomic mass is 10.3. The van der Waals surface area contributed by atoms with Crippen molar-refractivity contribution >= 4 is 21.7 Å². The fraction of sp³-hybridized carbons (Fsp3) is 0.273. The summed E-state index contributed by atoms with van der Waals surface area (Å²) in [5.74, 6) is 0.886. The van der Waals surface area contributed by atoms with Crippen molar-refractivity contribution in [3.63, 3.8) is 0 Å². The highest BCUT2D eigenvalue weighted by molar-refractivity contribution is 9.10. The number of rotatable bonds is 4. The second kappa shape index (κ2) is 5.12. The van der Waals surface area contributed by atoms with E-state index < -0.39 is 0 Å². The van der Waals surface area contributed by atoms with E-state index in [0.717, 1.165) is 23.4 Å². The Morgan fingerprint density at radius 3 is 2.94 bits per heavy atom. The van der Waals surface area contributed by atoms with Crippen molar-refractivity contribution in [1.82, 2.24) is 14.8 Å². The summed E-state index contributed by atoms with van der Waals surface area (Å²) < 4.78 is 2.73. The van der Waals surface area contributed by atoms with Crippen LogP contribution in [0.4, 0.5) is 5.82 Å². The van der Waals surface area contributed by atoms with Crippen LogP contribution in [-0.2, 0) is 13.5 Å². The molecule has 0 fully saturated rings. The van der Waals surface area contributed by atoms with Gasteiger partial charge < -0.3 is 5.32 Å². The number of nitrogens with one attached hydrogen (secondary N) is 1. The molecule has 0 saturated heterocycles. The zero-order chi connectivity index (χ0) is 11.4. The van der Waals surface area contributed by atoms with Crippen molar-refractivity contribution in [2.24, 2.45) is 7.05 Å². The molecule has 84 valence electrons. The zero-order valence-electron chi connectivity index (χ0n) is 9.02. The van der Waals surface area contributed by atoms with E-state index in [1.54, 1.807) is 0 Å². The van der Waals surface area contributed by atoms with E-state index in [2.05, 4.69) is 31.3 Å². The standard InChI is InChI=1S/C11H13BrN4/c1-16-9(6-8-14-16)5-7-13-11-4-2-3-10(12)15-11/h2-4,6,8H,5,7H2,1H3,(H,13,15). The molecule has 0 unspecified atom stereocenters. The normalized spacial score (nSPS) is 10.4. The second-order valence-electron chi connectivity index (χ2n) is 3.47. The van der Waals surface area contributed by atoms with Crippen LogP contribution in [0.25, 0.3) is 0 Å². The lowest BCUT2D eigenvalue weighted by Gasteiger charge is -2.05. The van der Waals surface area contributed by atoms with E-state index in [9.17, 15) is 0 Å². The van der Waals surface area contributed by atoms with Gasteiger partial charge in [0.25, 0.3) is 0 Å². The number of hydrogen-bond donors (Lipinski definition) is 1. The smallest absolute Gasteiger partial charge is 0.127 e. The first-order chi connectivity index (χ1) is 7.75. The Morgan fingerprint density at radius 2 is 2.25 bits per heavy atom. The van der Waals surface area contributed by atoms with Gasteiger partial charge in [0.1, 0.15) is 10.4 Å². The average molecular weight is 281 g/mol. The topological polar surface area (TPSA) is 42.7 Å². The maximum atomic E-state index is 4.30. The molecule has 2 heterocycles. The number of anilines is 1. The molecule has 0 saturated carbocycles. The lowest BCUT2D eigenvalue weighted by Crippen LogP contribution is -2.09. The fourth-order valence-electron chi connectivity index (χ4n) is 1.47. The van der Waals surface area contributed by atoms with E-state index in [1.165, 1.54) is 5.69 Å². The van der Waals surface area contributed by atoms with Gasteiger partial charge in [-0.3, -0.25) is 4.68 Å². The summed E-state index contributed by atoms with van der Waals surface area (Å²) in [7, 11) is 1.95. The summed E-state index contributed by atoms with van der Waals surface area (Å²) in [6.45, 7) is 0.850. The molecule has 0 aliphatic carbocycles. The molecule has 0 aromatic carbocycles. The summed E-state index contributed by atoms with van der Waals surface area (Å²) in [6, 6.07) is 7.85. The molecular weight excluding hydrogens is 268 g/mol.